The van der Waals surface area contributed by atoms with Crippen molar-refractivity contribution in [1.82, 2.24) is 10.2 Å². The standard InChI is InChI=1S/C19H29N3O2/c1-14-10-17(24-2)5-4-16(14)13-22-9-6-15(12-22)11-21-18(23)19(20)7-3-8-19/h4-5,10,15H,3,6-9,11-13,20H2,1-2H3,(H,21,23). The van der Waals surface area contributed by atoms with Crippen LogP contribution in [0.2, 0.25) is 0 Å². The summed E-state index contributed by atoms with van der Waals surface area (Å²) >= 11 is 0. The molecule has 132 valence electrons. The van der Waals surface area contributed by atoms with E-state index < -0.39 is 5.54 Å². The van der Waals surface area contributed by atoms with Gasteiger partial charge in [-0.3, -0.25) is 9.69 Å². The van der Waals surface area contributed by atoms with Crippen molar-refractivity contribution in [1.29, 1.82) is 0 Å². The van der Waals surface area contributed by atoms with E-state index in [0.29, 0.717) is 5.92 Å². The Bertz CT molecular complexity index is 598. The molecule has 2 aliphatic rings. The fourth-order valence-corrected chi connectivity index (χ4v) is 3.63. The second-order valence-corrected chi connectivity index (χ2v) is 7.40. The number of nitrogens with two attached hydrogens (primary N) is 1. The maximum Gasteiger partial charge on any atom is 0.240 e. The van der Waals surface area contributed by atoms with Crippen molar-refractivity contribution >= 4 is 5.91 Å². The van der Waals surface area contributed by atoms with E-state index in [1.54, 1.807) is 7.11 Å². The van der Waals surface area contributed by atoms with Crippen LogP contribution in [0.15, 0.2) is 18.2 Å². The lowest BCUT2D eigenvalue weighted by Gasteiger charge is -2.36. The van der Waals surface area contributed by atoms with E-state index >= 15 is 0 Å². The van der Waals surface area contributed by atoms with E-state index in [4.69, 9.17) is 10.5 Å². The van der Waals surface area contributed by atoms with E-state index in [2.05, 4.69) is 29.3 Å². The lowest BCUT2D eigenvalue weighted by molar-refractivity contribution is -0.129. The Hall–Kier alpha value is -1.59. The molecule has 0 bridgehead atoms. The largest absolute Gasteiger partial charge is 0.497 e. The third-order valence-electron chi connectivity index (χ3n) is 5.56. The number of benzene rings is 1. The zero-order chi connectivity index (χ0) is 17.2. The van der Waals surface area contributed by atoms with Gasteiger partial charge in [0, 0.05) is 19.6 Å². The second kappa shape index (κ2) is 7.11. The smallest absolute Gasteiger partial charge is 0.240 e. The molecular formula is C19H29N3O2. The normalized spacial score (nSPS) is 22.9. The molecule has 3 rings (SSSR count). The molecule has 1 aromatic carbocycles. The van der Waals surface area contributed by atoms with Gasteiger partial charge < -0.3 is 15.8 Å². The van der Waals surface area contributed by atoms with Gasteiger partial charge in [0.2, 0.25) is 5.91 Å². The first-order valence-corrected chi connectivity index (χ1v) is 8.93. The molecule has 0 radical (unpaired) electrons. The lowest BCUT2D eigenvalue weighted by Crippen LogP contribution is -2.59. The number of hydrogen-bond donors (Lipinski definition) is 2. The third-order valence-corrected chi connectivity index (χ3v) is 5.56. The minimum absolute atomic E-state index is 0.0400. The summed E-state index contributed by atoms with van der Waals surface area (Å²) in [5.41, 5.74) is 8.09. The molecule has 5 heteroatoms. The second-order valence-electron chi connectivity index (χ2n) is 7.40. The summed E-state index contributed by atoms with van der Waals surface area (Å²) in [5, 5.41) is 3.07. The van der Waals surface area contributed by atoms with E-state index in [9.17, 15) is 4.79 Å². The van der Waals surface area contributed by atoms with Gasteiger partial charge in [-0.1, -0.05) is 6.07 Å². The van der Waals surface area contributed by atoms with Crippen LogP contribution in [-0.4, -0.2) is 43.1 Å². The van der Waals surface area contributed by atoms with Crippen molar-refractivity contribution in [3.8, 4) is 5.75 Å². The molecule has 1 saturated carbocycles. The summed E-state index contributed by atoms with van der Waals surface area (Å²) in [5.74, 6) is 1.47. The third kappa shape index (κ3) is 3.73. The minimum atomic E-state index is -0.585. The number of carbonyl (C=O) groups excluding carboxylic acids is 1. The zero-order valence-electron chi connectivity index (χ0n) is 14.8. The first kappa shape index (κ1) is 17.2. The van der Waals surface area contributed by atoms with Crippen molar-refractivity contribution in [2.45, 2.75) is 44.7 Å². The van der Waals surface area contributed by atoms with Gasteiger partial charge >= 0.3 is 0 Å². The summed E-state index contributed by atoms with van der Waals surface area (Å²) < 4.78 is 5.27. The first-order valence-electron chi connectivity index (χ1n) is 8.93. The fourth-order valence-electron chi connectivity index (χ4n) is 3.63. The van der Waals surface area contributed by atoms with Gasteiger partial charge in [0.05, 0.1) is 12.6 Å². The van der Waals surface area contributed by atoms with Gasteiger partial charge in [-0.15, -0.1) is 0 Å². The van der Waals surface area contributed by atoms with E-state index in [0.717, 1.165) is 57.6 Å². The highest BCUT2D eigenvalue weighted by Crippen LogP contribution is 2.29. The van der Waals surface area contributed by atoms with Crippen LogP contribution in [0, 0.1) is 12.8 Å². The highest BCUT2D eigenvalue weighted by molar-refractivity contribution is 5.86. The fraction of sp³-hybridized carbons (Fsp3) is 0.632. The highest BCUT2D eigenvalue weighted by atomic mass is 16.5. The zero-order valence-corrected chi connectivity index (χ0v) is 14.8. The molecule has 1 aliphatic carbocycles. The summed E-state index contributed by atoms with van der Waals surface area (Å²) in [4.78, 5) is 14.6. The summed E-state index contributed by atoms with van der Waals surface area (Å²) in [6.07, 6.45) is 3.86. The Morgan fingerprint density at radius 2 is 2.25 bits per heavy atom. The number of nitrogens with one attached hydrogen (secondary N) is 1. The number of methoxy groups -OCH3 is 1. The van der Waals surface area contributed by atoms with Crippen LogP contribution in [0.25, 0.3) is 0 Å². The summed E-state index contributed by atoms with van der Waals surface area (Å²) in [6, 6.07) is 6.26. The van der Waals surface area contributed by atoms with Crippen molar-refractivity contribution in [2.75, 3.05) is 26.7 Å². The molecular weight excluding hydrogens is 302 g/mol. The Balaban J connectivity index is 1.46. The number of amides is 1. The van der Waals surface area contributed by atoms with Gasteiger partial charge in [0.25, 0.3) is 0 Å². The number of hydrogen-bond acceptors (Lipinski definition) is 4. The molecule has 1 amide bonds. The van der Waals surface area contributed by atoms with Crippen molar-refractivity contribution in [3.63, 3.8) is 0 Å². The molecule has 3 N–H and O–H groups in total. The van der Waals surface area contributed by atoms with E-state index in [1.807, 2.05) is 6.07 Å². The maximum absolute atomic E-state index is 12.1. The quantitative estimate of drug-likeness (QED) is 0.834. The molecule has 24 heavy (non-hydrogen) atoms. The van der Waals surface area contributed by atoms with Crippen molar-refractivity contribution in [2.24, 2.45) is 11.7 Å². The predicted molar refractivity (Wildman–Crippen MR) is 94.9 cm³/mol. The molecule has 1 saturated heterocycles. The molecule has 1 unspecified atom stereocenters. The number of aryl methyl sites for hydroxylation is 1. The average Bonchev–Trinajstić information content (AvgIpc) is 2.99. The number of nitrogens with zero attached hydrogens (tertiary/aromatic N) is 1. The number of likely N-dealkylation sites (tertiary alicyclic amines) is 1. The van der Waals surface area contributed by atoms with Crippen molar-refractivity contribution in [3.05, 3.63) is 29.3 Å². The molecule has 5 nitrogen and oxygen atoms in total. The van der Waals surface area contributed by atoms with Crippen molar-refractivity contribution < 1.29 is 9.53 Å². The molecule has 1 aromatic rings. The van der Waals surface area contributed by atoms with Gasteiger partial charge in [-0.05, 0) is 68.3 Å². The monoisotopic (exact) mass is 331 g/mol. The molecule has 2 fully saturated rings. The van der Waals surface area contributed by atoms with Crippen LogP contribution >= 0.6 is 0 Å². The number of ether oxygens (including phenoxy) is 1. The first-order chi connectivity index (χ1) is 11.5. The van der Waals surface area contributed by atoms with Crippen LogP contribution in [0.4, 0.5) is 0 Å². The molecule has 0 aromatic heterocycles. The minimum Gasteiger partial charge on any atom is -0.497 e. The lowest BCUT2D eigenvalue weighted by atomic mass is 9.77. The Labute approximate surface area is 144 Å². The summed E-state index contributed by atoms with van der Waals surface area (Å²) in [6.45, 7) is 5.95. The Morgan fingerprint density at radius 3 is 2.88 bits per heavy atom. The van der Waals surface area contributed by atoms with Gasteiger partial charge in [0.1, 0.15) is 5.75 Å². The molecule has 1 heterocycles. The molecule has 1 atom stereocenters. The summed E-state index contributed by atoms with van der Waals surface area (Å²) in [7, 11) is 1.70. The van der Waals surface area contributed by atoms with Crippen LogP contribution in [-0.2, 0) is 11.3 Å². The predicted octanol–water partition coefficient (Wildman–Crippen LogP) is 1.82. The SMILES string of the molecule is COc1ccc(CN2CCC(CNC(=O)C3(N)CCC3)C2)c(C)c1. The number of carbonyl (C=O) groups is 1. The van der Waals surface area contributed by atoms with E-state index in [1.165, 1.54) is 11.1 Å². The van der Waals surface area contributed by atoms with Gasteiger partial charge in [0.15, 0.2) is 0 Å². The maximum atomic E-state index is 12.1. The molecule has 0 spiro atoms. The Morgan fingerprint density at radius 1 is 1.46 bits per heavy atom. The van der Waals surface area contributed by atoms with Crippen LogP contribution in [0.3, 0.4) is 0 Å². The number of rotatable bonds is 6. The van der Waals surface area contributed by atoms with Crippen LogP contribution in [0.5, 0.6) is 5.75 Å². The highest BCUT2D eigenvalue weighted by Gasteiger charge is 2.40. The van der Waals surface area contributed by atoms with Gasteiger partial charge in [-0.25, -0.2) is 0 Å². The Kier molecular flexibility index (Phi) is 5.11. The van der Waals surface area contributed by atoms with Gasteiger partial charge in [-0.2, -0.15) is 0 Å². The van der Waals surface area contributed by atoms with E-state index in [-0.39, 0.29) is 5.91 Å². The average molecular weight is 331 g/mol. The molecule has 1 aliphatic heterocycles. The topological polar surface area (TPSA) is 67.6 Å². The van der Waals surface area contributed by atoms with Crippen LogP contribution in [0.1, 0.15) is 36.8 Å². The van der Waals surface area contributed by atoms with Crippen LogP contribution < -0.4 is 15.8 Å².